The molecule has 1 N–H and O–H groups in total. The number of hydrogen-bond donors (Lipinski definition) is 1. The van der Waals surface area contributed by atoms with Crippen molar-refractivity contribution < 1.29 is 37.3 Å². The molecule has 0 bridgehead atoms. The summed E-state index contributed by atoms with van der Waals surface area (Å²) in [6.07, 6.45) is -7.78. The van der Waals surface area contributed by atoms with Crippen molar-refractivity contribution in [1.82, 2.24) is 4.90 Å². The summed E-state index contributed by atoms with van der Waals surface area (Å²) in [5, 5.41) is 8.91. The molecule has 1 amide bonds. The SMILES string of the molecule is CC(C)(C)OC(=O)N1CC(OC(=O)O)CC(c2ccc(CC(F)(F)F)cc2)C1. The number of hydrogen-bond acceptors (Lipinski definition) is 4. The van der Waals surface area contributed by atoms with Crippen LogP contribution in [0.1, 0.15) is 44.2 Å². The number of carbonyl (C=O) groups excluding carboxylic acids is 1. The zero-order valence-electron chi connectivity index (χ0n) is 16.0. The highest BCUT2D eigenvalue weighted by atomic mass is 19.4. The Morgan fingerprint density at radius 3 is 2.25 bits per heavy atom. The van der Waals surface area contributed by atoms with Crippen molar-refractivity contribution in [3.63, 3.8) is 0 Å². The molecular formula is C19H24F3NO5. The van der Waals surface area contributed by atoms with Crippen LogP contribution in [0.2, 0.25) is 0 Å². The summed E-state index contributed by atoms with van der Waals surface area (Å²) in [5.41, 5.74) is 0.124. The minimum atomic E-state index is -4.29. The second-order valence-corrected chi connectivity index (χ2v) is 7.86. The van der Waals surface area contributed by atoms with Gasteiger partial charge in [-0.15, -0.1) is 0 Å². The molecule has 1 heterocycles. The molecule has 2 rings (SSSR count). The Hall–Kier alpha value is -2.45. The number of ether oxygens (including phenoxy) is 2. The molecule has 1 aliphatic heterocycles. The third kappa shape index (κ3) is 6.94. The van der Waals surface area contributed by atoms with Crippen molar-refractivity contribution in [2.45, 2.75) is 57.4 Å². The molecule has 1 aliphatic rings. The van der Waals surface area contributed by atoms with Gasteiger partial charge in [-0.2, -0.15) is 13.2 Å². The van der Waals surface area contributed by atoms with Crippen molar-refractivity contribution in [3.8, 4) is 0 Å². The topological polar surface area (TPSA) is 76.1 Å². The second-order valence-electron chi connectivity index (χ2n) is 7.86. The standard InChI is InChI=1S/C19H24F3NO5/c1-18(2,3)28-16(24)23-10-14(8-15(11-23)27-17(25)26)13-6-4-12(5-7-13)9-19(20,21)22/h4-7,14-15H,8-11H2,1-3H3,(H,25,26). The second kappa shape index (κ2) is 8.28. The van der Waals surface area contributed by atoms with E-state index in [1.54, 1.807) is 32.9 Å². The van der Waals surface area contributed by atoms with Gasteiger partial charge in [-0.05, 0) is 38.3 Å². The predicted octanol–water partition coefficient (Wildman–Crippen LogP) is 4.58. The van der Waals surface area contributed by atoms with Crippen molar-refractivity contribution in [2.24, 2.45) is 0 Å². The van der Waals surface area contributed by atoms with Crippen LogP contribution >= 0.6 is 0 Å². The molecule has 6 nitrogen and oxygen atoms in total. The van der Waals surface area contributed by atoms with Gasteiger partial charge in [0.2, 0.25) is 0 Å². The Morgan fingerprint density at radius 2 is 1.75 bits per heavy atom. The molecule has 0 spiro atoms. The van der Waals surface area contributed by atoms with Crippen LogP contribution < -0.4 is 0 Å². The molecule has 28 heavy (non-hydrogen) atoms. The fourth-order valence-corrected chi connectivity index (χ4v) is 3.14. The molecular weight excluding hydrogens is 379 g/mol. The van der Waals surface area contributed by atoms with Crippen LogP contribution in [0.25, 0.3) is 0 Å². The molecule has 0 saturated carbocycles. The van der Waals surface area contributed by atoms with E-state index in [2.05, 4.69) is 0 Å². The third-order valence-electron chi connectivity index (χ3n) is 4.19. The lowest BCUT2D eigenvalue weighted by Gasteiger charge is -2.37. The van der Waals surface area contributed by atoms with Gasteiger partial charge in [-0.3, -0.25) is 0 Å². The van der Waals surface area contributed by atoms with Crippen molar-refractivity contribution in [3.05, 3.63) is 35.4 Å². The summed E-state index contributed by atoms with van der Waals surface area (Å²) in [4.78, 5) is 24.7. The quantitative estimate of drug-likeness (QED) is 0.748. The monoisotopic (exact) mass is 403 g/mol. The van der Waals surface area contributed by atoms with Crippen LogP contribution in [0.15, 0.2) is 24.3 Å². The lowest BCUT2D eigenvalue weighted by atomic mass is 9.88. The van der Waals surface area contributed by atoms with Crippen LogP contribution in [0, 0.1) is 0 Å². The maximum atomic E-state index is 12.5. The maximum Gasteiger partial charge on any atom is 0.506 e. The van der Waals surface area contributed by atoms with E-state index in [0.717, 1.165) is 0 Å². The first-order chi connectivity index (χ1) is 12.8. The molecule has 1 aromatic carbocycles. The van der Waals surface area contributed by atoms with Crippen LogP contribution in [-0.4, -0.2) is 53.2 Å². The number of carbonyl (C=O) groups is 2. The van der Waals surface area contributed by atoms with Crippen LogP contribution in [0.4, 0.5) is 22.8 Å². The number of piperidine rings is 1. The minimum absolute atomic E-state index is 0.0594. The Morgan fingerprint density at radius 1 is 1.14 bits per heavy atom. The molecule has 2 atom stereocenters. The predicted molar refractivity (Wildman–Crippen MR) is 94.3 cm³/mol. The molecule has 0 radical (unpaired) electrons. The molecule has 0 aliphatic carbocycles. The van der Waals surface area contributed by atoms with E-state index in [1.807, 2.05) is 0 Å². The molecule has 0 aromatic heterocycles. The molecule has 1 fully saturated rings. The van der Waals surface area contributed by atoms with E-state index in [-0.39, 0.29) is 24.6 Å². The average molecular weight is 403 g/mol. The smallest absolute Gasteiger partial charge is 0.450 e. The lowest BCUT2D eigenvalue weighted by Crippen LogP contribution is -2.48. The number of benzene rings is 1. The summed E-state index contributed by atoms with van der Waals surface area (Å²) < 4.78 is 47.8. The number of nitrogens with zero attached hydrogens (tertiary/aromatic N) is 1. The maximum absolute atomic E-state index is 12.5. The van der Waals surface area contributed by atoms with Gasteiger partial charge in [0, 0.05) is 12.5 Å². The third-order valence-corrected chi connectivity index (χ3v) is 4.19. The Balaban J connectivity index is 2.17. The molecule has 1 saturated heterocycles. The number of rotatable bonds is 3. The van der Waals surface area contributed by atoms with Gasteiger partial charge < -0.3 is 19.5 Å². The van der Waals surface area contributed by atoms with E-state index >= 15 is 0 Å². The Bertz CT molecular complexity index is 697. The number of likely N-dealkylation sites (tertiary alicyclic amines) is 1. The summed E-state index contributed by atoms with van der Waals surface area (Å²) in [6.45, 7) is 5.47. The van der Waals surface area contributed by atoms with Crippen molar-refractivity contribution in [1.29, 1.82) is 0 Å². The number of carboxylic acid groups (broad SMARTS) is 1. The summed E-state index contributed by atoms with van der Waals surface area (Å²) >= 11 is 0. The number of alkyl halides is 3. The number of amides is 1. The van der Waals surface area contributed by atoms with Crippen molar-refractivity contribution in [2.75, 3.05) is 13.1 Å². The summed E-state index contributed by atoms with van der Waals surface area (Å²) in [6, 6.07) is 5.93. The zero-order chi connectivity index (χ0) is 21.1. The van der Waals surface area contributed by atoms with Crippen LogP contribution in [0.5, 0.6) is 0 Å². The first kappa shape index (κ1) is 21.8. The summed E-state index contributed by atoms with van der Waals surface area (Å²) in [7, 11) is 0. The lowest BCUT2D eigenvalue weighted by molar-refractivity contribution is -0.127. The fourth-order valence-electron chi connectivity index (χ4n) is 3.14. The molecule has 9 heteroatoms. The van der Waals surface area contributed by atoms with E-state index in [1.165, 1.54) is 17.0 Å². The Kier molecular flexibility index (Phi) is 6.46. The molecule has 156 valence electrons. The van der Waals surface area contributed by atoms with Gasteiger partial charge in [-0.25, -0.2) is 9.59 Å². The number of halogens is 3. The largest absolute Gasteiger partial charge is 0.506 e. The zero-order valence-corrected chi connectivity index (χ0v) is 16.0. The van der Waals surface area contributed by atoms with Gasteiger partial charge in [-0.1, -0.05) is 24.3 Å². The first-order valence-corrected chi connectivity index (χ1v) is 8.85. The van der Waals surface area contributed by atoms with E-state index < -0.39 is 36.6 Å². The molecule has 2 unspecified atom stereocenters. The molecule has 1 aromatic rings. The minimum Gasteiger partial charge on any atom is -0.450 e. The van der Waals surface area contributed by atoms with Crippen LogP contribution in [-0.2, 0) is 15.9 Å². The van der Waals surface area contributed by atoms with Crippen molar-refractivity contribution >= 4 is 12.2 Å². The van der Waals surface area contributed by atoms with Gasteiger partial charge in [0.25, 0.3) is 0 Å². The van der Waals surface area contributed by atoms with E-state index in [4.69, 9.17) is 14.6 Å². The van der Waals surface area contributed by atoms with Gasteiger partial charge >= 0.3 is 18.4 Å². The van der Waals surface area contributed by atoms with Gasteiger partial charge in [0.1, 0.15) is 11.7 Å². The van der Waals surface area contributed by atoms with Crippen LogP contribution in [0.3, 0.4) is 0 Å². The van der Waals surface area contributed by atoms with Gasteiger partial charge in [0.15, 0.2) is 0 Å². The highest BCUT2D eigenvalue weighted by Crippen LogP contribution is 2.30. The Labute approximate surface area is 161 Å². The average Bonchev–Trinajstić information content (AvgIpc) is 2.51. The fraction of sp³-hybridized carbons (Fsp3) is 0.579. The van der Waals surface area contributed by atoms with E-state index in [0.29, 0.717) is 12.0 Å². The van der Waals surface area contributed by atoms with E-state index in [9.17, 15) is 22.8 Å². The first-order valence-electron chi connectivity index (χ1n) is 8.85. The highest BCUT2D eigenvalue weighted by molar-refractivity contribution is 5.68. The normalized spacial score (nSPS) is 20.6. The highest BCUT2D eigenvalue weighted by Gasteiger charge is 2.35. The summed E-state index contributed by atoms with van der Waals surface area (Å²) in [5.74, 6) is -0.287. The van der Waals surface area contributed by atoms with Gasteiger partial charge in [0.05, 0.1) is 13.0 Å².